The maximum atomic E-state index is 12.4. The Morgan fingerprint density at radius 3 is 2.78 bits per heavy atom. The van der Waals surface area contributed by atoms with Crippen LogP contribution in [0.15, 0.2) is 36.4 Å². The number of phenols is 1. The predicted octanol–water partition coefficient (Wildman–Crippen LogP) is 3.23. The van der Waals surface area contributed by atoms with E-state index in [0.717, 1.165) is 29.7 Å². The van der Waals surface area contributed by atoms with Gasteiger partial charge in [0.05, 0.1) is 0 Å². The van der Waals surface area contributed by atoms with E-state index in [1.165, 1.54) is 6.07 Å². The van der Waals surface area contributed by atoms with Crippen LogP contribution in [0.3, 0.4) is 0 Å². The normalized spacial score (nSPS) is 13.7. The molecular weight excluding hydrogens is 292 g/mol. The van der Waals surface area contributed by atoms with Crippen LogP contribution >= 0.6 is 0 Å². The van der Waals surface area contributed by atoms with Gasteiger partial charge in [0.1, 0.15) is 5.75 Å². The summed E-state index contributed by atoms with van der Waals surface area (Å²) in [6, 6.07) is 10.1. The monoisotopic (exact) mass is 310 g/mol. The number of amides is 2. The van der Waals surface area contributed by atoms with Gasteiger partial charge in [-0.3, -0.25) is 9.59 Å². The molecule has 0 saturated carbocycles. The minimum absolute atomic E-state index is 0.0145. The van der Waals surface area contributed by atoms with Crippen molar-refractivity contribution in [3.63, 3.8) is 0 Å². The van der Waals surface area contributed by atoms with Crippen molar-refractivity contribution >= 4 is 23.2 Å². The van der Waals surface area contributed by atoms with Crippen molar-refractivity contribution in [1.29, 1.82) is 0 Å². The predicted molar refractivity (Wildman–Crippen MR) is 88.8 cm³/mol. The fourth-order valence-corrected chi connectivity index (χ4v) is 2.70. The zero-order valence-electron chi connectivity index (χ0n) is 12.8. The first-order valence-corrected chi connectivity index (χ1v) is 7.57. The Bertz CT molecular complexity index is 784. The second-order valence-corrected chi connectivity index (χ2v) is 5.73. The molecule has 0 atom stereocenters. The first-order valence-electron chi connectivity index (χ1n) is 7.57. The zero-order chi connectivity index (χ0) is 16.4. The molecule has 3 N–H and O–H groups in total. The van der Waals surface area contributed by atoms with E-state index in [4.69, 9.17) is 0 Å². The van der Waals surface area contributed by atoms with E-state index >= 15 is 0 Å². The fraction of sp³-hybridized carbons (Fsp3) is 0.222. The number of anilines is 2. The van der Waals surface area contributed by atoms with Gasteiger partial charge >= 0.3 is 0 Å². The fourth-order valence-electron chi connectivity index (χ4n) is 2.70. The number of fused-ring (bicyclic) bond motifs is 1. The lowest BCUT2D eigenvalue weighted by Gasteiger charge is -2.11. The van der Waals surface area contributed by atoms with Crippen LogP contribution in [0.1, 0.15) is 34.3 Å². The zero-order valence-corrected chi connectivity index (χ0v) is 12.8. The quantitative estimate of drug-likeness (QED) is 0.745. The third-order valence-electron chi connectivity index (χ3n) is 3.95. The Hall–Kier alpha value is -2.82. The maximum absolute atomic E-state index is 12.4. The van der Waals surface area contributed by atoms with Crippen LogP contribution in [0.4, 0.5) is 11.4 Å². The maximum Gasteiger partial charge on any atom is 0.255 e. The van der Waals surface area contributed by atoms with Gasteiger partial charge in [-0.15, -0.1) is 0 Å². The number of rotatable bonds is 2. The Balaban J connectivity index is 1.83. The topological polar surface area (TPSA) is 78.4 Å². The molecule has 2 aromatic carbocycles. The summed E-state index contributed by atoms with van der Waals surface area (Å²) >= 11 is 0. The van der Waals surface area contributed by atoms with Crippen LogP contribution in [-0.4, -0.2) is 16.9 Å². The highest BCUT2D eigenvalue weighted by Gasteiger charge is 2.15. The van der Waals surface area contributed by atoms with Crippen LogP contribution in [-0.2, 0) is 11.2 Å². The van der Waals surface area contributed by atoms with Crippen LogP contribution in [0.5, 0.6) is 5.75 Å². The number of aromatic hydroxyl groups is 1. The molecule has 2 amide bonds. The SMILES string of the molecule is Cc1cc(O)ccc1NC(=O)c1ccc2c(c1)CCCC(=O)N2. The molecule has 0 aromatic heterocycles. The summed E-state index contributed by atoms with van der Waals surface area (Å²) in [6.07, 6.45) is 2.05. The average molecular weight is 310 g/mol. The van der Waals surface area contributed by atoms with Gasteiger partial charge in [0.25, 0.3) is 5.91 Å². The molecule has 0 aliphatic carbocycles. The largest absolute Gasteiger partial charge is 0.508 e. The van der Waals surface area contributed by atoms with Crippen LogP contribution < -0.4 is 10.6 Å². The van der Waals surface area contributed by atoms with Gasteiger partial charge < -0.3 is 15.7 Å². The minimum atomic E-state index is -0.211. The van der Waals surface area contributed by atoms with E-state index in [1.807, 2.05) is 13.0 Å². The molecular formula is C18H18N2O3. The summed E-state index contributed by atoms with van der Waals surface area (Å²) in [6.45, 7) is 1.82. The lowest BCUT2D eigenvalue weighted by atomic mass is 10.0. The van der Waals surface area contributed by atoms with Gasteiger partial charge in [-0.05, 0) is 67.3 Å². The molecule has 0 spiro atoms. The molecule has 0 unspecified atom stereocenters. The Labute approximate surface area is 134 Å². The Morgan fingerprint density at radius 1 is 1.17 bits per heavy atom. The molecule has 1 aliphatic rings. The molecule has 23 heavy (non-hydrogen) atoms. The molecule has 1 aliphatic heterocycles. The average Bonchev–Trinajstić information content (AvgIpc) is 2.69. The Kier molecular flexibility index (Phi) is 4.02. The van der Waals surface area contributed by atoms with Gasteiger partial charge in [0.2, 0.25) is 5.91 Å². The lowest BCUT2D eigenvalue weighted by molar-refractivity contribution is -0.116. The van der Waals surface area contributed by atoms with E-state index in [2.05, 4.69) is 10.6 Å². The molecule has 3 rings (SSSR count). The third kappa shape index (κ3) is 3.34. The second kappa shape index (κ2) is 6.12. The standard InChI is InChI=1S/C18H18N2O3/c1-11-9-14(21)6-8-15(11)20-18(23)13-5-7-16-12(10-13)3-2-4-17(22)19-16/h5-10,21H,2-4H2,1H3,(H,19,22)(H,20,23). The summed E-state index contributed by atoms with van der Waals surface area (Å²) in [5.41, 5.74) is 3.76. The molecule has 0 saturated heterocycles. The number of carbonyl (C=O) groups is 2. The molecule has 5 heteroatoms. The third-order valence-corrected chi connectivity index (χ3v) is 3.95. The van der Waals surface area contributed by atoms with Crippen molar-refractivity contribution in [3.05, 3.63) is 53.1 Å². The van der Waals surface area contributed by atoms with E-state index in [-0.39, 0.29) is 17.6 Å². The summed E-state index contributed by atoms with van der Waals surface area (Å²) < 4.78 is 0. The number of hydrogen-bond donors (Lipinski definition) is 3. The first kappa shape index (κ1) is 15.1. The van der Waals surface area contributed by atoms with Crippen LogP contribution in [0.25, 0.3) is 0 Å². The van der Waals surface area contributed by atoms with Crippen molar-refractivity contribution in [1.82, 2.24) is 0 Å². The summed E-state index contributed by atoms with van der Waals surface area (Å²) in [4.78, 5) is 24.0. The summed E-state index contributed by atoms with van der Waals surface area (Å²) in [7, 11) is 0. The van der Waals surface area contributed by atoms with Crippen LogP contribution in [0, 0.1) is 6.92 Å². The molecule has 118 valence electrons. The summed E-state index contributed by atoms with van der Waals surface area (Å²) in [5, 5.41) is 15.1. The number of hydrogen-bond acceptors (Lipinski definition) is 3. The first-order chi connectivity index (χ1) is 11.0. The number of carbonyl (C=O) groups excluding carboxylic acids is 2. The van der Waals surface area contributed by atoms with Crippen molar-refractivity contribution in [2.45, 2.75) is 26.2 Å². The minimum Gasteiger partial charge on any atom is -0.508 e. The smallest absolute Gasteiger partial charge is 0.255 e. The molecule has 0 bridgehead atoms. The van der Waals surface area contributed by atoms with Crippen molar-refractivity contribution in [2.75, 3.05) is 10.6 Å². The molecule has 5 nitrogen and oxygen atoms in total. The Morgan fingerprint density at radius 2 is 2.00 bits per heavy atom. The molecule has 1 heterocycles. The van der Waals surface area contributed by atoms with Gasteiger partial charge in [-0.1, -0.05) is 0 Å². The number of nitrogens with one attached hydrogen (secondary N) is 2. The molecule has 0 radical (unpaired) electrons. The van der Waals surface area contributed by atoms with E-state index in [1.54, 1.807) is 24.3 Å². The number of benzene rings is 2. The summed E-state index contributed by atoms with van der Waals surface area (Å²) in [5.74, 6) is -0.0286. The number of aryl methyl sites for hydroxylation is 2. The van der Waals surface area contributed by atoms with Gasteiger partial charge in [0.15, 0.2) is 0 Å². The van der Waals surface area contributed by atoms with Crippen molar-refractivity contribution in [2.24, 2.45) is 0 Å². The van der Waals surface area contributed by atoms with Crippen LogP contribution in [0.2, 0.25) is 0 Å². The van der Waals surface area contributed by atoms with Gasteiger partial charge in [0, 0.05) is 23.4 Å². The van der Waals surface area contributed by atoms with Gasteiger partial charge in [-0.25, -0.2) is 0 Å². The van der Waals surface area contributed by atoms with Gasteiger partial charge in [-0.2, -0.15) is 0 Å². The van der Waals surface area contributed by atoms with E-state index in [9.17, 15) is 14.7 Å². The highest BCUT2D eigenvalue weighted by Crippen LogP contribution is 2.25. The van der Waals surface area contributed by atoms with E-state index < -0.39 is 0 Å². The molecule has 2 aromatic rings. The number of phenolic OH excluding ortho intramolecular Hbond substituents is 1. The van der Waals surface area contributed by atoms with Crippen molar-refractivity contribution < 1.29 is 14.7 Å². The van der Waals surface area contributed by atoms with Crippen molar-refractivity contribution in [3.8, 4) is 5.75 Å². The lowest BCUT2D eigenvalue weighted by Crippen LogP contribution is -2.14. The van der Waals surface area contributed by atoms with E-state index in [0.29, 0.717) is 17.7 Å². The molecule has 0 fully saturated rings. The highest BCUT2D eigenvalue weighted by atomic mass is 16.3. The highest BCUT2D eigenvalue weighted by molar-refractivity contribution is 6.05. The second-order valence-electron chi connectivity index (χ2n) is 5.73.